The normalized spacial score (nSPS) is 21.1. The van der Waals surface area contributed by atoms with Crippen molar-refractivity contribution in [2.75, 3.05) is 18.4 Å². The molecule has 0 bridgehead atoms. The van der Waals surface area contributed by atoms with E-state index in [9.17, 15) is 0 Å². The third kappa shape index (κ3) is 2.16. The third-order valence-corrected chi connectivity index (χ3v) is 2.85. The minimum Gasteiger partial charge on any atom is -0.366 e. The second-order valence-electron chi connectivity index (χ2n) is 3.65. The molecule has 4 heteroatoms. The summed E-state index contributed by atoms with van der Waals surface area (Å²) < 4.78 is 0. The summed E-state index contributed by atoms with van der Waals surface area (Å²) in [5.41, 5.74) is 1.06. The molecule has 0 aliphatic carbocycles. The van der Waals surface area contributed by atoms with E-state index in [-0.39, 0.29) is 0 Å². The van der Waals surface area contributed by atoms with Crippen LogP contribution in [-0.4, -0.2) is 24.1 Å². The summed E-state index contributed by atoms with van der Waals surface area (Å²) in [6.07, 6.45) is 2.85. The van der Waals surface area contributed by atoms with E-state index in [4.69, 9.17) is 11.6 Å². The van der Waals surface area contributed by atoms with Gasteiger partial charge in [0.05, 0.1) is 5.02 Å². The topological polar surface area (TPSA) is 37.0 Å². The van der Waals surface area contributed by atoms with Gasteiger partial charge in [0.15, 0.2) is 0 Å². The molecule has 0 unspecified atom stereocenters. The van der Waals surface area contributed by atoms with Gasteiger partial charge in [-0.05, 0) is 31.5 Å². The first-order valence-electron chi connectivity index (χ1n) is 4.85. The molecule has 0 amide bonds. The van der Waals surface area contributed by atoms with E-state index in [1.807, 2.05) is 13.0 Å². The molecule has 0 radical (unpaired) electrons. The molecule has 1 atom stereocenters. The molecule has 2 rings (SSSR count). The average Bonchev–Trinajstić information content (AvgIpc) is 2.64. The van der Waals surface area contributed by atoms with Gasteiger partial charge in [-0.3, -0.25) is 0 Å². The van der Waals surface area contributed by atoms with Crippen LogP contribution in [0, 0.1) is 6.92 Å². The Morgan fingerprint density at radius 2 is 2.50 bits per heavy atom. The van der Waals surface area contributed by atoms with Crippen molar-refractivity contribution in [3.8, 4) is 0 Å². The number of nitrogens with zero attached hydrogens (tertiary/aromatic N) is 1. The fourth-order valence-electron chi connectivity index (χ4n) is 1.61. The van der Waals surface area contributed by atoms with Crippen LogP contribution < -0.4 is 10.6 Å². The monoisotopic (exact) mass is 211 g/mol. The van der Waals surface area contributed by atoms with Crippen molar-refractivity contribution in [3.05, 3.63) is 22.8 Å². The molecule has 1 saturated heterocycles. The molecule has 76 valence electrons. The highest BCUT2D eigenvalue weighted by Gasteiger charge is 2.14. The van der Waals surface area contributed by atoms with Crippen LogP contribution in [0.4, 0.5) is 5.82 Å². The summed E-state index contributed by atoms with van der Waals surface area (Å²) in [4.78, 5) is 4.23. The predicted molar refractivity (Wildman–Crippen MR) is 58.9 cm³/mol. The minimum atomic E-state index is 0.503. The Morgan fingerprint density at radius 3 is 3.14 bits per heavy atom. The van der Waals surface area contributed by atoms with Crippen molar-refractivity contribution < 1.29 is 0 Å². The van der Waals surface area contributed by atoms with Gasteiger partial charge >= 0.3 is 0 Å². The molecule has 0 aromatic carbocycles. The fourth-order valence-corrected chi connectivity index (χ4v) is 1.71. The zero-order valence-electron chi connectivity index (χ0n) is 8.18. The largest absolute Gasteiger partial charge is 0.366 e. The molecule has 2 heterocycles. The number of hydrogen-bond acceptors (Lipinski definition) is 3. The van der Waals surface area contributed by atoms with Crippen LogP contribution in [0.3, 0.4) is 0 Å². The molecule has 0 saturated carbocycles. The maximum Gasteiger partial charge on any atom is 0.126 e. The number of hydrogen-bond donors (Lipinski definition) is 2. The Bertz CT molecular complexity index is 321. The van der Waals surface area contributed by atoms with Crippen LogP contribution in [0.2, 0.25) is 5.02 Å². The van der Waals surface area contributed by atoms with Crippen molar-refractivity contribution in [3.63, 3.8) is 0 Å². The van der Waals surface area contributed by atoms with E-state index in [1.165, 1.54) is 0 Å². The van der Waals surface area contributed by atoms with Gasteiger partial charge in [-0.1, -0.05) is 11.6 Å². The molecule has 1 aliphatic heterocycles. The van der Waals surface area contributed by atoms with E-state index in [2.05, 4.69) is 15.6 Å². The van der Waals surface area contributed by atoms with Gasteiger partial charge in [-0.2, -0.15) is 0 Å². The summed E-state index contributed by atoms with van der Waals surface area (Å²) in [5, 5.41) is 7.40. The first kappa shape index (κ1) is 9.74. The van der Waals surface area contributed by atoms with E-state index in [0.29, 0.717) is 6.04 Å². The van der Waals surface area contributed by atoms with E-state index in [1.54, 1.807) is 6.20 Å². The first-order valence-corrected chi connectivity index (χ1v) is 5.23. The highest BCUT2D eigenvalue weighted by molar-refractivity contribution is 6.31. The minimum absolute atomic E-state index is 0.503. The van der Waals surface area contributed by atoms with Gasteiger partial charge in [-0.15, -0.1) is 0 Å². The first-order chi connectivity index (χ1) is 6.75. The molecule has 1 aromatic rings. The standard InChI is InChI=1S/C10H14ClN3/c1-7-4-10(13-6-9(7)11)14-8-2-3-12-5-8/h4,6,8,12H,2-3,5H2,1H3,(H,13,14)/t8-/m1/s1. The zero-order chi connectivity index (χ0) is 9.97. The highest BCUT2D eigenvalue weighted by atomic mass is 35.5. The van der Waals surface area contributed by atoms with Crippen LogP contribution in [0.25, 0.3) is 0 Å². The van der Waals surface area contributed by atoms with Crippen molar-refractivity contribution in [2.24, 2.45) is 0 Å². The maximum absolute atomic E-state index is 5.89. The second-order valence-corrected chi connectivity index (χ2v) is 4.06. The van der Waals surface area contributed by atoms with Crippen molar-refractivity contribution in [2.45, 2.75) is 19.4 Å². The van der Waals surface area contributed by atoms with Gasteiger partial charge < -0.3 is 10.6 Å². The summed E-state index contributed by atoms with van der Waals surface area (Å²) >= 11 is 5.89. The molecule has 1 fully saturated rings. The average molecular weight is 212 g/mol. The number of aryl methyl sites for hydroxylation is 1. The van der Waals surface area contributed by atoms with Gasteiger partial charge in [0.25, 0.3) is 0 Å². The lowest BCUT2D eigenvalue weighted by Crippen LogP contribution is -2.22. The van der Waals surface area contributed by atoms with Crippen LogP contribution in [0.1, 0.15) is 12.0 Å². The number of nitrogens with one attached hydrogen (secondary N) is 2. The summed E-state index contributed by atoms with van der Waals surface area (Å²) in [5.74, 6) is 0.917. The quantitative estimate of drug-likeness (QED) is 0.784. The molecule has 0 spiro atoms. The number of rotatable bonds is 2. The molecule has 3 nitrogen and oxygen atoms in total. The van der Waals surface area contributed by atoms with Gasteiger partial charge in [0.2, 0.25) is 0 Å². The molecule has 1 aliphatic rings. The van der Waals surface area contributed by atoms with Crippen LogP contribution >= 0.6 is 11.6 Å². The van der Waals surface area contributed by atoms with E-state index < -0.39 is 0 Å². The SMILES string of the molecule is Cc1cc(N[C@@H]2CCNC2)ncc1Cl. The molecular weight excluding hydrogens is 198 g/mol. The lowest BCUT2D eigenvalue weighted by Gasteiger charge is -2.12. The highest BCUT2D eigenvalue weighted by Crippen LogP contribution is 2.17. The van der Waals surface area contributed by atoms with Crippen molar-refractivity contribution >= 4 is 17.4 Å². The Labute approximate surface area is 88.9 Å². The summed E-state index contributed by atoms with van der Waals surface area (Å²) in [6.45, 7) is 4.09. The number of pyridine rings is 1. The summed E-state index contributed by atoms with van der Waals surface area (Å²) in [7, 11) is 0. The molecular formula is C10H14ClN3. The summed E-state index contributed by atoms with van der Waals surface area (Å²) in [6, 6.07) is 2.49. The van der Waals surface area contributed by atoms with Crippen LogP contribution in [-0.2, 0) is 0 Å². The number of halogens is 1. The third-order valence-electron chi connectivity index (χ3n) is 2.46. The Balaban J connectivity index is 2.05. The molecule has 14 heavy (non-hydrogen) atoms. The Hall–Kier alpha value is -0.800. The number of anilines is 1. The molecule has 1 aromatic heterocycles. The fraction of sp³-hybridized carbons (Fsp3) is 0.500. The van der Waals surface area contributed by atoms with Crippen LogP contribution in [0.15, 0.2) is 12.3 Å². The van der Waals surface area contributed by atoms with Crippen molar-refractivity contribution in [1.82, 2.24) is 10.3 Å². The van der Waals surface area contributed by atoms with E-state index >= 15 is 0 Å². The van der Waals surface area contributed by atoms with E-state index in [0.717, 1.165) is 35.9 Å². The molecule has 2 N–H and O–H groups in total. The second kappa shape index (κ2) is 4.15. The van der Waals surface area contributed by atoms with Gasteiger partial charge in [0.1, 0.15) is 5.82 Å². The smallest absolute Gasteiger partial charge is 0.126 e. The van der Waals surface area contributed by atoms with Gasteiger partial charge in [0, 0.05) is 18.8 Å². The number of aromatic nitrogens is 1. The Kier molecular flexibility index (Phi) is 2.89. The Morgan fingerprint density at radius 1 is 1.64 bits per heavy atom. The lowest BCUT2D eigenvalue weighted by atomic mass is 10.2. The van der Waals surface area contributed by atoms with Gasteiger partial charge in [-0.25, -0.2) is 4.98 Å². The van der Waals surface area contributed by atoms with Crippen molar-refractivity contribution in [1.29, 1.82) is 0 Å². The van der Waals surface area contributed by atoms with Crippen LogP contribution in [0.5, 0.6) is 0 Å². The predicted octanol–water partition coefficient (Wildman–Crippen LogP) is 1.82. The zero-order valence-corrected chi connectivity index (χ0v) is 8.93. The maximum atomic E-state index is 5.89. The lowest BCUT2D eigenvalue weighted by molar-refractivity contribution is 0.788.